The molecule has 4 aromatic rings. The Balaban J connectivity index is 1.29. The molecule has 1 saturated carbocycles. The number of aromatic nitrogens is 1. The van der Waals surface area contributed by atoms with E-state index in [0.29, 0.717) is 25.0 Å². The molecule has 7 rings (SSSR count). The van der Waals surface area contributed by atoms with E-state index in [0.717, 1.165) is 47.7 Å². The highest BCUT2D eigenvalue weighted by atomic mass is 79.9. The zero-order chi connectivity index (χ0) is 32.3. The Hall–Kier alpha value is -2.66. The highest BCUT2D eigenvalue weighted by Gasteiger charge is 2.38. The topological polar surface area (TPSA) is 53.7 Å². The number of anilines is 1. The SMILES string of the molecule is Cc1ccc2c(c1)sc(/C=C1/C(=O)C(/C=C3/Sc4cc(Br)ccc4N3CCOCCO)=C1SC1CCCCC1)[n+]2Cc1ccccc1. The summed E-state index contributed by atoms with van der Waals surface area (Å²) in [5.74, 6) is 0.116. The average Bonchev–Trinajstić information content (AvgIpc) is 3.60. The van der Waals surface area contributed by atoms with Gasteiger partial charge in [0.2, 0.25) is 5.52 Å². The lowest BCUT2D eigenvalue weighted by Gasteiger charge is -2.29. The van der Waals surface area contributed by atoms with Gasteiger partial charge in [-0.1, -0.05) is 94.7 Å². The summed E-state index contributed by atoms with van der Waals surface area (Å²) in [5, 5.41) is 11.9. The first kappa shape index (κ1) is 32.9. The quantitative estimate of drug-likeness (QED) is 0.0940. The minimum atomic E-state index is 0.00395. The minimum Gasteiger partial charge on any atom is -0.394 e. The van der Waals surface area contributed by atoms with E-state index in [1.165, 1.54) is 53.4 Å². The smallest absolute Gasteiger partial charge is 0.263 e. The molecule has 1 N–H and O–H groups in total. The Bertz CT molecular complexity index is 1890. The van der Waals surface area contributed by atoms with Crippen molar-refractivity contribution < 1.29 is 19.2 Å². The van der Waals surface area contributed by atoms with Gasteiger partial charge >= 0.3 is 0 Å². The number of benzene rings is 3. The molecule has 0 radical (unpaired) electrons. The largest absolute Gasteiger partial charge is 0.394 e. The number of carbonyl (C=O) groups is 1. The van der Waals surface area contributed by atoms with Crippen LogP contribution in [-0.4, -0.2) is 42.5 Å². The first-order chi connectivity index (χ1) is 23.0. The van der Waals surface area contributed by atoms with Crippen LogP contribution in [0.2, 0.25) is 0 Å². The third kappa shape index (κ3) is 7.21. The number of halogens is 1. The van der Waals surface area contributed by atoms with E-state index in [4.69, 9.17) is 4.74 Å². The molecular formula is C38H38BrN2O3S3+. The van der Waals surface area contributed by atoms with Gasteiger partial charge in [-0.25, -0.2) is 0 Å². The molecule has 3 aromatic carbocycles. The molecule has 2 heterocycles. The molecule has 1 fully saturated rings. The Morgan fingerprint density at radius 2 is 1.87 bits per heavy atom. The molecular weight excluding hydrogens is 709 g/mol. The van der Waals surface area contributed by atoms with E-state index >= 15 is 0 Å². The van der Waals surface area contributed by atoms with Crippen LogP contribution in [0.1, 0.15) is 48.2 Å². The second-order valence-corrected chi connectivity index (χ2v) is 16.5. The summed E-state index contributed by atoms with van der Waals surface area (Å²) in [7, 11) is 0. The lowest BCUT2D eigenvalue weighted by molar-refractivity contribution is -0.659. The summed E-state index contributed by atoms with van der Waals surface area (Å²) in [6, 6.07) is 23.5. The van der Waals surface area contributed by atoms with Crippen LogP contribution in [0.15, 0.2) is 103 Å². The summed E-state index contributed by atoms with van der Waals surface area (Å²) in [4.78, 5) is 18.7. The van der Waals surface area contributed by atoms with Crippen LogP contribution < -0.4 is 9.47 Å². The number of nitrogens with zero attached hydrogens (tertiary/aromatic N) is 2. The fourth-order valence-corrected chi connectivity index (χ4v) is 10.8. The predicted molar refractivity (Wildman–Crippen MR) is 200 cm³/mol. The number of ether oxygens (including phenoxy) is 1. The normalized spacial score (nSPS) is 18.5. The number of aliphatic hydroxyl groups is 1. The number of fused-ring (bicyclic) bond motifs is 2. The van der Waals surface area contributed by atoms with Crippen LogP contribution in [0.4, 0.5) is 5.69 Å². The van der Waals surface area contributed by atoms with Gasteiger partial charge in [0.05, 0.1) is 30.5 Å². The standard InChI is InChI=1S/C38H38BrN2O3S3/c1-25-12-14-32-33(20-25)46-36(41(32)24-26-8-4-2-5-9-26)23-30-37(43)29(38(30)45-28-10-6-3-7-11-28)22-35-40(16-18-44-19-17-42)31-15-13-27(39)21-34(31)47-35/h2,4-5,8-9,12-15,20-23,28,42H,3,6-7,10-11,16-19,24H2,1H3/q+1. The second kappa shape index (κ2) is 14.8. The molecule has 0 saturated heterocycles. The summed E-state index contributed by atoms with van der Waals surface area (Å²) in [6.07, 6.45) is 10.5. The summed E-state index contributed by atoms with van der Waals surface area (Å²) < 4.78 is 10.3. The number of hydrogen-bond donors (Lipinski definition) is 1. The van der Waals surface area contributed by atoms with Crippen molar-refractivity contribution in [3.05, 3.63) is 114 Å². The van der Waals surface area contributed by atoms with Gasteiger partial charge in [0.25, 0.3) is 5.01 Å². The first-order valence-electron chi connectivity index (χ1n) is 16.3. The van der Waals surface area contributed by atoms with Gasteiger partial charge in [-0.3, -0.25) is 4.79 Å². The van der Waals surface area contributed by atoms with E-state index in [-0.39, 0.29) is 12.4 Å². The number of ketones is 1. The fourth-order valence-electron chi connectivity index (χ4n) is 6.41. The van der Waals surface area contributed by atoms with Gasteiger partial charge in [0, 0.05) is 54.9 Å². The Labute approximate surface area is 297 Å². The lowest BCUT2D eigenvalue weighted by atomic mass is 9.89. The van der Waals surface area contributed by atoms with Crippen molar-refractivity contribution in [1.29, 1.82) is 0 Å². The Kier molecular flexibility index (Phi) is 10.4. The van der Waals surface area contributed by atoms with Crippen LogP contribution >= 0.6 is 50.8 Å². The van der Waals surface area contributed by atoms with Gasteiger partial charge in [-0.2, -0.15) is 4.57 Å². The van der Waals surface area contributed by atoms with E-state index in [1.54, 1.807) is 23.1 Å². The lowest BCUT2D eigenvalue weighted by Crippen LogP contribution is -2.36. The zero-order valence-corrected chi connectivity index (χ0v) is 30.5. The van der Waals surface area contributed by atoms with Crippen LogP contribution in [0.5, 0.6) is 0 Å². The monoisotopic (exact) mass is 745 g/mol. The Morgan fingerprint density at radius 1 is 1.04 bits per heavy atom. The van der Waals surface area contributed by atoms with E-state index in [9.17, 15) is 9.90 Å². The minimum absolute atomic E-state index is 0.00395. The van der Waals surface area contributed by atoms with Crippen LogP contribution in [0.3, 0.4) is 0 Å². The summed E-state index contributed by atoms with van der Waals surface area (Å²) >= 11 is 9.01. The van der Waals surface area contributed by atoms with Crippen molar-refractivity contribution in [1.82, 2.24) is 0 Å². The Morgan fingerprint density at radius 3 is 2.68 bits per heavy atom. The predicted octanol–water partition coefficient (Wildman–Crippen LogP) is 9.06. The number of thioether (sulfide) groups is 2. The molecule has 3 aliphatic rings. The van der Waals surface area contributed by atoms with Gasteiger partial charge in [0.15, 0.2) is 12.3 Å². The number of carbonyl (C=O) groups excluding carboxylic acids is 1. The number of aliphatic hydroxyl groups excluding tert-OH is 1. The highest BCUT2D eigenvalue weighted by Crippen LogP contribution is 2.51. The van der Waals surface area contributed by atoms with E-state index < -0.39 is 0 Å². The molecule has 5 nitrogen and oxygen atoms in total. The van der Waals surface area contributed by atoms with E-state index in [2.05, 4.69) is 111 Å². The fraction of sp³-hybridized carbons (Fsp3) is 0.316. The molecule has 2 aliphatic carbocycles. The van der Waals surface area contributed by atoms with Crippen molar-refractivity contribution in [2.75, 3.05) is 31.3 Å². The van der Waals surface area contributed by atoms with E-state index in [1.807, 2.05) is 11.8 Å². The maximum atomic E-state index is 14.2. The third-order valence-electron chi connectivity index (χ3n) is 8.81. The summed E-state index contributed by atoms with van der Waals surface area (Å²) in [5.41, 5.74) is 6.43. The molecule has 1 aromatic heterocycles. The molecule has 1 aliphatic heterocycles. The van der Waals surface area contributed by atoms with Gasteiger partial charge < -0.3 is 14.7 Å². The van der Waals surface area contributed by atoms with Crippen molar-refractivity contribution in [2.24, 2.45) is 0 Å². The number of thiazole rings is 1. The van der Waals surface area contributed by atoms with Crippen LogP contribution in [0.25, 0.3) is 16.3 Å². The first-order valence-corrected chi connectivity index (χ1v) is 19.6. The molecule has 0 amide bonds. The van der Waals surface area contributed by atoms with Crippen molar-refractivity contribution in [3.63, 3.8) is 0 Å². The molecule has 0 bridgehead atoms. The number of Topliss-reactive ketones (excluding diaryl/α,β-unsaturated/α-hetero) is 1. The van der Waals surface area contributed by atoms with Crippen molar-refractivity contribution in [2.45, 2.75) is 55.7 Å². The van der Waals surface area contributed by atoms with Gasteiger partial charge in [0.1, 0.15) is 4.70 Å². The number of aryl methyl sites for hydroxylation is 1. The van der Waals surface area contributed by atoms with Crippen LogP contribution in [0, 0.1) is 6.92 Å². The third-order valence-corrected chi connectivity index (χ3v) is 13.0. The summed E-state index contributed by atoms with van der Waals surface area (Å²) in [6.45, 7) is 4.33. The number of hydrogen-bond acceptors (Lipinski definition) is 7. The average molecular weight is 747 g/mol. The second-order valence-electron chi connectivity index (χ2n) is 12.2. The zero-order valence-electron chi connectivity index (χ0n) is 26.4. The number of rotatable bonds is 11. The molecule has 0 unspecified atom stereocenters. The van der Waals surface area contributed by atoms with Gasteiger partial charge in [-0.05, 0) is 55.7 Å². The molecule has 0 atom stereocenters. The van der Waals surface area contributed by atoms with Crippen molar-refractivity contribution in [3.8, 4) is 0 Å². The molecule has 0 spiro atoms. The molecule has 9 heteroatoms. The molecule has 242 valence electrons. The molecule has 47 heavy (non-hydrogen) atoms. The van der Waals surface area contributed by atoms with Crippen LogP contribution in [-0.2, 0) is 16.1 Å². The highest BCUT2D eigenvalue weighted by molar-refractivity contribution is 9.10. The van der Waals surface area contributed by atoms with Crippen molar-refractivity contribution >= 4 is 78.6 Å². The number of allylic oxidation sites excluding steroid dienone is 3. The maximum Gasteiger partial charge on any atom is 0.263 e. The maximum absolute atomic E-state index is 14.2. The van der Waals surface area contributed by atoms with Gasteiger partial charge in [-0.15, -0.1) is 11.8 Å².